The van der Waals surface area contributed by atoms with Crippen LogP contribution in [0.15, 0.2) is 115 Å². The van der Waals surface area contributed by atoms with Crippen molar-refractivity contribution in [3.05, 3.63) is 138 Å². The molecule has 0 spiro atoms. The molecule has 0 aliphatic carbocycles. The van der Waals surface area contributed by atoms with Crippen LogP contribution in [0.1, 0.15) is 29.5 Å². The Morgan fingerprint density at radius 3 is 2.46 bits per heavy atom. The van der Waals surface area contributed by atoms with Gasteiger partial charge in [-0.3, -0.25) is 14.9 Å². The average Bonchev–Trinajstić information content (AvgIpc) is 3.86. The Bertz CT molecular complexity index is 1660. The minimum atomic E-state index is -0.754. The zero-order chi connectivity index (χ0) is 33.8. The monoisotopic (exact) mass is 651 g/mol. The number of hydrazine groups is 1. The maximum atomic E-state index is 14.5. The van der Waals surface area contributed by atoms with Crippen LogP contribution in [-0.4, -0.2) is 88.1 Å². The van der Waals surface area contributed by atoms with E-state index in [9.17, 15) is 19.1 Å². The van der Waals surface area contributed by atoms with Gasteiger partial charge in [0.1, 0.15) is 23.8 Å². The molecule has 2 N–H and O–H groups in total. The number of carbonyl (C=O) groups is 2. The number of hydrogen-bond donors (Lipinski definition) is 2. The second-order valence-corrected chi connectivity index (χ2v) is 12.4. The van der Waals surface area contributed by atoms with Crippen LogP contribution in [-0.2, 0) is 27.3 Å². The number of fused-ring (bicyclic) bond motifs is 1. The minimum Gasteiger partial charge on any atom is -0.508 e. The number of nitrogens with zero attached hydrogens (tertiary/aromatic N) is 4. The number of aromatic hydroxyl groups is 1. The maximum absolute atomic E-state index is 14.5. The highest BCUT2D eigenvalue weighted by atomic mass is 19.1. The number of benzene rings is 3. The van der Waals surface area contributed by atoms with Gasteiger partial charge in [0.25, 0.3) is 0 Å². The summed E-state index contributed by atoms with van der Waals surface area (Å²) in [6, 6.07) is 22.5. The smallest absolute Gasteiger partial charge is 0.245 e. The first-order valence-electron chi connectivity index (χ1n) is 16.3. The predicted molar refractivity (Wildman–Crippen MR) is 181 cm³/mol. The summed E-state index contributed by atoms with van der Waals surface area (Å²) in [6.07, 6.45) is 6.87. The lowest BCUT2D eigenvalue weighted by Crippen LogP contribution is -2.75. The Hall–Kier alpha value is -4.61. The van der Waals surface area contributed by atoms with E-state index >= 15 is 0 Å². The van der Waals surface area contributed by atoms with Crippen LogP contribution in [0.4, 0.5) is 4.39 Å². The molecule has 0 radical (unpaired) electrons. The number of amides is 2. The van der Waals surface area contributed by atoms with Crippen LogP contribution in [0.2, 0.25) is 0 Å². The number of ether oxygens (including phenoxy) is 1. The number of phenols is 1. The van der Waals surface area contributed by atoms with Crippen molar-refractivity contribution in [2.24, 2.45) is 0 Å². The standard InChI is InChI=1S/C38H42FN5O4/c1-4-6-10-28(5-2)32(29-11-8-7-9-12-29)23-42-24-34-43(33(37(42)47)21-26-15-19-31(45)20-16-26)35(46)25-41(3)44(34)38-36(48-38)40-22-27-13-17-30(39)18-14-27/h4-20,32-34,36,38,40,45H,1,21-25H2,2-3H3/b10-6-,28-5+/t32?,33-,34-,36?,38?/m0/s1. The average molecular weight is 652 g/mol. The molecule has 3 unspecified atom stereocenters. The van der Waals surface area contributed by atoms with Crippen molar-refractivity contribution >= 4 is 11.8 Å². The van der Waals surface area contributed by atoms with Crippen LogP contribution in [0, 0.1) is 5.82 Å². The molecular weight excluding hydrogens is 609 g/mol. The Labute approximate surface area is 281 Å². The number of likely N-dealkylation sites (N-methyl/N-ethyl adjacent to an activating group) is 1. The highest BCUT2D eigenvalue weighted by Crippen LogP contribution is 2.36. The summed E-state index contributed by atoms with van der Waals surface area (Å²) >= 11 is 0. The van der Waals surface area contributed by atoms with Crippen LogP contribution in [0.5, 0.6) is 5.75 Å². The number of halogens is 1. The fourth-order valence-electron chi connectivity index (χ4n) is 6.80. The SMILES string of the molecule is C=C/C=C\C(=C/C)C(CN1C[C@H]2N(C(=O)CN(C)N2C2OC2NCc2ccc(F)cc2)[C@@H](Cc2ccc(O)cc2)C1=O)c1ccccc1. The summed E-state index contributed by atoms with van der Waals surface area (Å²) in [5, 5.41) is 17.3. The largest absolute Gasteiger partial charge is 0.508 e. The number of hydrogen-bond acceptors (Lipinski definition) is 7. The Balaban J connectivity index is 1.31. The molecule has 3 fully saturated rings. The summed E-state index contributed by atoms with van der Waals surface area (Å²) in [7, 11) is 1.87. The van der Waals surface area contributed by atoms with Gasteiger partial charge in [-0.1, -0.05) is 85.5 Å². The Morgan fingerprint density at radius 2 is 1.77 bits per heavy atom. The number of epoxide rings is 1. The topological polar surface area (TPSA) is 91.9 Å². The van der Waals surface area contributed by atoms with Gasteiger partial charge in [-0.25, -0.2) is 9.40 Å². The summed E-state index contributed by atoms with van der Waals surface area (Å²) in [5.74, 6) is -0.522. The van der Waals surface area contributed by atoms with Gasteiger partial charge < -0.3 is 19.6 Å². The summed E-state index contributed by atoms with van der Waals surface area (Å²) < 4.78 is 19.6. The van der Waals surface area contributed by atoms with E-state index in [4.69, 9.17) is 4.74 Å². The summed E-state index contributed by atoms with van der Waals surface area (Å²) in [5.41, 5.74) is 3.90. The maximum Gasteiger partial charge on any atom is 0.245 e. The Kier molecular flexibility index (Phi) is 10.2. The first kappa shape index (κ1) is 33.3. The van der Waals surface area contributed by atoms with Gasteiger partial charge in [-0.15, -0.1) is 0 Å². The number of phenolic OH excluding ortho intramolecular Hbond substituents is 1. The molecule has 3 aromatic carbocycles. The fraction of sp³-hybridized carbons (Fsp3) is 0.316. The molecule has 5 atom stereocenters. The molecule has 3 aromatic rings. The van der Waals surface area contributed by atoms with Crippen molar-refractivity contribution in [3.8, 4) is 5.75 Å². The van der Waals surface area contributed by atoms with Gasteiger partial charge in [0.15, 0.2) is 12.5 Å². The van der Waals surface area contributed by atoms with Crippen molar-refractivity contribution in [1.82, 2.24) is 25.1 Å². The quantitative estimate of drug-likeness (QED) is 0.220. The van der Waals surface area contributed by atoms with E-state index in [0.29, 0.717) is 19.5 Å². The van der Waals surface area contributed by atoms with Crippen LogP contribution in [0.25, 0.3) is 0 Å². The van der Waals surface area contributed by atoms with Crippen molar-refractivity contribution in [1.29, 1.82) is 0 Å². The highest BCUT2D eigenvalue weighted by molar-refractivity contribution is 5.90. The third-order valence-corrected chi connectivity index (χ3v) is 9.27. The number of rotatable bonds is 12. The highest BCUT2D eigenvalue weighted by Gasteiger charge is 2.56. The van der Waals surface area contributed by atoms with Crippen molar-refractivity contribution in [3.63, 3.8) is 0 Å². The first-order chi connectivity index (χ1) is 23.3. The van der Waals surface area contributed by atoms with Gasteiger partial charge in [0.2, 0.25) is 11.8 Å². The van der Waals surface area contributed by atoms with Crippen LogP contribution >= 0.6 is 0 Å². The lowest BCUT2D eigenvalue weighted by Gasteiger charge is -2.55. The van der Waals surface area contributed by atoms with Crippen molar-refractivity contribution in [2.45, 2.75) is 50.5 Å². The molecule has 3 aliphatic rings. The molecule has 0 bridgehead atoms. The van der Waals surface area contributed by atoms with Gasteiger partial charge in [-0.05, 0) is 53.5 Å². The molecule has 48 heavy (non-hydrogen) atoms. The lowest BCUT2D eigenvalue weighted by atomic mass is 9.88. The molecule has 3 aliphatic heterocycles. The summed E-state index contributed by atoms with van der Waals surface area (Å²) in [6.45, 7) is 7.11. The normalized spacial score (nSPS) is 24.2. The van der Waals surface area contributed by atoms with Gasteiger partial charge in [-0.2, -0.15) is 5.01 Å². The van der Waals surface area contributed by atoms with Crippen LogP contribution < -0.4 is 5.32 Å². The van der Waals surface area contributed by atoms with Gasteiger partial charge >= 0.3 is 0 Å². The first-order valence-corrected chi connectivity index (χ1v) is 16.3. The molecule has 250 valence electrons. The third kappa shape index (κ3) is 7.27. The van der Waals surface area contributed by atoms with Gasteiger partial charge in [0, 0.05) is 32.5 Å². The van der Waals surface area contributed by atoms with E-state index in [1.807, 2.05) is 54.2 Å². The minimum absolute atomic E-state index is 0.0993. The summed E-state index contributed by atoms with van der Waals surface area (Å²) in [4.78, 5) is 32.0. The lowest BCUT2D eigenvalue weighted by molar-refractivity contribution is -0.207. The fourth-order valence-corrected chi connectivity index (χ4v) is 6.80. The molecular formula is C38H42FN5O4. The van der Waals surface area contributed by atoms with Gasteiger partial charge in [0.05, 0.1) is 13.1 Å². The molecule has 3 heterocycles. The van der Waals surface area contributed by atoms with E-state index in [-0.39, 0.29) is 54.8 Å². The zero-order valence-corrected chi connectivity index (χ0v) is 27.3. The van der Waals surface area contributed by atoms with E-state index in [2.05, 4.69) is 35.1 Å². The van der Waals surface area contributed by atoms with E-state index in [1.54, 1.807) is 47.4 Å². The molecule has 0 aromatic heterocycles. The second-order valence-electron chi connectivity index (χ2n) is 12.4. The number of nitrogens with one attached hydrogen (secondary N) is 1. The molecule has 3 saturated heterocycles. The van der Waals surface area contributed by atoms with Crippen molar-refractivity contribution < 1.29 is 23.8 Å². The van der Waals surface area contributed by atoms with E-state index in [0.717, 1.165) is 22.3 Å². The molecule has 2 amide bonds. The number of carbonyl (C=O) groups excluding carboxylic acids is 2. The second kappa shape index (κ2) is 14.7. The molecule has 6 rings (SSSR count). The Morgan fingerprint density at radius 1 is 1.06 bits per heavy atom. The molecule has 10 heteroatoms. The third-order valence-electron chi connectivity index (χ3n) is 9.27. The van der Waals surface area contributed by atoms with Crippen LogP contribution in [0.3, 0.4) is 0 Å². The molecule has 0 saturated carbocycles. The van der Waals surface area contributed by atoms with E-state index < -0.39 is 12.2 Å². The number of piperazine rings is 1. The van der Waals surface area contributed by atoms with Crippen molar-refractivity contribution in [2.75, 3.05) is 26.7 Å². The zero-order valence-electron chi connectivity index (χ0n) is 27.3. The van der Waals surface area contributed by atoms with E-state index in [1.165, 1.54) is 12.1 Å². The molecule has 9 nitrogen and oxygen atoms in total. The number of allylic oxidation sites excluding steroid dienone is 4. The predicted octanol–water partition coefficient (Wildman–Crippen LogP) is 4.55.